The fraction of sp³-hybridized carbons (Fsp3) is 0.361. The third-order valence-corrected chi connectivity index (χ3v) is 15.0. The van der Waals surface area contributed by atoms with E-state index in [1.807, 2.05) is 60.7 Å². The molecule has 258 valence electrons. The summed E-state index contributed by atoms with van der Waals surface area (Å²) >= 11 is 6.24. The fourth-order valence-electron chi connectivity index (χ4n) is 6.79. The summed E-state index contributed by atoms with van der Waals surface area (Å²) in [5, 5.41) is 4.16. The number of nitrogens with zero attached hydrogens (tertiary/aromatic N) is 7. The molecule has 1 aliphatic heterocycles. The Bertz CT molecular complexity index is 2030. The zero-order valence-corrected chi connectivity index (χ0v) is 30.4. The van der Waals surface area contributed by atoms with Crippen molar-refractivity contribution in [1.29, 1.82) is 0 Å². The number of nitrogens with two attached hydrogens (primary N) is 1. The Morgan fingerprint density at radius 3 is 2.12 bits per heavy atom. The van der Waals surface area contributed by atoms with Crippen LogP contribution in [0, 0.1) is 0 Å². The first-order valence-electron chi connectivity index (χ1n) is 16.4. The minimum absolute atomic E-state index is 0.0383. The average molecular weight is 711 g/mol. The molecule has 1 aliphatic carbocycles. The van der Waals surface area contributed by atoms with Crippen molar-refractivity contribution in [3.05, 3.63) is 124 Å². The van der Waals surface area contributed by atoms with Crippen LogP contribution in [-0.2, 0) is 19.5 Å². The monoisotopic (exact) mass is 710 g/mol. The summed E-state index contributed by atoms with van der Waals surface area (Å²) in [7, 11) is -0.936. The Labute approximate surface area is 296 Å². The van der Waals surface area contributed by atoms with Crippen molar-refractivity contribution in [2.45, 2.75) is 74.6 Å². The van der Waals surface area contributed by atoms with Gasteiger partial charge in [0, 0.05) is 4.91 Å². The van der Waals surface area contributed by atoms with Gasteiger partial charge in [-0.2, -0.15) is 9.97 Å². The van der Waals surface area contributed by atoms with Crippen molar-refractivity contribution < 1.29 is 18.6 Å². The number of methoxy groups -OCH3 is 1. The third kappa shape index (κ3) is 5.32. The molecule has 5 atom stereocenters. The molecule has 2 fully saturated rings. The van der Waals surface area contributed by atoms with Crippen LogP contribution in [0.5, 0.6) is 5.75 Å². The number of halogens is 1. The zero-order chi connectivity index (χ0) is 35.5. The molecule has 5 aromatic rings. The number of nitrogen functional groups attached to an aromatic ring is 1. The highest BCUT2D eigenvalue weighted by molar-refractivity contribution is 6.74. The molecule has 3 heterocycles. The van der Waals surface area contributed by atoms with Crippen molar-refractivity contribution >= 4 is 36.9 Å². The number of fused-ring (bicyclic) bond motifs is 2. The molecule has 1 saturated heterocycles. The first-order chi connectivity index (χ1) is 23.9. The molecule has 14 heteroatoms. The molecule has 7 rings (SSSR count). The van der Waals surface area contributed by atoms with E-state index in [0.717, 1.165) is 22.4 Å². The van der Waals surface area contributed by atoms with Crippen LogP contribution in [0.1, 0.15) is 43.7 Å². The molecular formula is C36H39ClN8O4Si. The number of azide groups is 1. The van der Waals surface area contributed by atoms with Gasteiger partial charge in [-0.05, 0) is 64.1 Å². The number of benzene rings is 3. The molecule has 50 heavy (non-hydrogen) atoms. The fourth-order valence-corrected chi connectivity index (χ4v) is 8.51. The van der Waals surface area contributed by atoms with Crippen LogP contribution in [0.3, 0.4) is 0 Å². The summed E-state index contributed by atoms with van der Waals surface area (Å²) in [4.78, 5) is 16.2. The standard InChI is InChI=1S/C36H39ClN8O4Si/c1-34(2,3)50(5,6)49-36-27(43-44-39)32(45-21-40-26-30(38)41-33(37)42-31(26)45)47-28(36)29(36)48-35(22-13-9-7-10-14-22,23-15-11-8-12-16-23)24-17-19-25(46-4)20-18-24/h7-21,27-29,32H,1-6H3,(H2,38,41,42)/t27?,28-,29?,32-,36?/m1/s1. The van der Waals surface area contributed by atoms with Gasteiger partial charge in [-0.25, -0.2) is 4.98 Å². The Kier molecular flexibility index (Phi) is 8.41. The summed E-state index contributed by atoms with van der Waals surface area (Å²) in [6, 6.07) is 27.1. The third-order valence-electron chi connectivity index (χ3n) is 10.3. The van der Waals surface area contributed by atoms with Crippen molar-refractivity contribution in [3.8, 4) is 5.75 Å². The molecule has 2 N–H and O–H groups in total. The van der Waals surface area contributed by atoms with Crippen LogP contribution < -0.4 is 10.5 Å². The van der Waals surface area contributed by atoms with Gasteiger partial charge < -0.3 is 24.4 Å². The van der Waals surface area contributed by atoms with Crippen molar-refractivity contribution in [2.24, 2.45) is 5.11 Å². The van der Waals surface area contributed by atoms with Crippen molar-refractivity contribution in [2.75, 3.05) is 12.8 Å². The van der Waals surface area contributed by atoms with Crippen LogP contribution in [0.4, 0.5) is 5.82 Å². The lowest BCUT2D eigenvalue weighted by atomic mass is 9.80. The highest BCUT2D eigenvalue weighted by atomic mass is 35.5. The number of hydrogen-bond donors (Lipinski definition) is 1. The minimum atomic E-state index is -2.58. The number of imidazole rings is 1. The molecule has 12 nitrogen and oxygen atoms in total. The lowest BCUT2D eigenvalue weighted by Gasteiger charge is -2.42. The van der Waals surface area contributed by atoms with Crippen LogP contribution in [-0.4, -0.2) is 58.8 Å². The number of hydrogen-bond acceptors (Lipinski definition) is 9. The van der Waals surface area contributed by atoms with Crippen LogP contribution >= 0.6 is 11.6 Å². The smallest absolute Gasteiger partial charge is 0.226 e. The summed E-state index contributed by atoms with van der Waals surface area (Å²) < 4.78 is 29.0. The molecule has 0 radical (unpaired) electrons. The molecule has 2 aromatic heterocycles. The van der Waals surface area contributed by atoms with Gasteiger partial charge in [-0.15, -0.1) is 0 Å². The van der Waals surface area contributed by atoms with Gasteiger partial charge in [0.15, 0.2) is 19.8 Å². The van der Waals surface area contributed by atoms with Gasteiger partial charge in [0.1, 0.15) is 46.9 Å². The van der Waals surface area contributed by atoms with E-state index >= 15 is 0 Å². The SMILES string of the molecule is COc1ccc(C(OC2[C@H]3O[C@@H](n4cnc5c(N)nc(Cl)nc54)C(N=[N+]=[N-])C23O[Si](C)(C)C(C)(C)C)(c2ccccc2)c2ccccc2)cc1. The summed E-state index contributed by atoms with van der Waals surface area (Å²) in [6.07, 6.45) is -0.592. The maximum absolute atomic E-state index is 10.1. The van der Waals surface area contributed by atoms with Crippen LogP contribution in [0.25, 0.3) is 21.6 Å². The first kappa shape index (κ1) is 34.0. The van der Waals surface area contributed by atoms with Gasteiger partial charge in [-0.3, -0.25) is 4.57 Å². The highest BCUT2D eigenvalue weighted by Crippen LogP contribution is 2.64. The molecule has 0 amide bonds. The van der Waals surface area contributed by atoms with E-state index in [0.29, 0.717) is 11.2 Å². The van der Waals surface area contributed by atoms with E-state index in [9.17, 15) is 5.53 Å². The lowest BCUT2D eigenvalue weighted by molar-refractivity contribution is -0.0892. The second kappa shape index (κ2) is 12.4. The number of aromatic nitrogens is 4. The first-order valence-corrected chi connectivity index (χ1v) is 19.6. The van der Waals surface area contributed by atoms with Gasteiger partial charge in [0.05, 0.1) is 13.4 Å². The van der Waals surface area contributed by atoms with Crippen LogP contribution in [0.2, 0.25) is 23.4 Å². The van der Waals surface area contributed by atoms with E-state index in [2.05, 4.69) is 83.1 Å². The second-order valence-corrected chi connectivity index (χ2v) is 19.3. The maximum Gasteiger partial charge on any atom is 0.226 e. The average Bonchev–Trinajstić information content (AvgIpc) is 3.32. The lowest BCUT2D eigenvalue weighted by Crippen LogP contribution is -2.51. The van der Waals surface area contributed by atoms with E-state index in [1.165, 1.54) is 0 Å². The molecule has 1 saturated carbocycles. The Hall–Kier alpha value is -4.49. The number of ether oxygens (including phenoxy) is 3. The highest BCUT2D eigenvalue weighted by Gasteiger charge is 2.81. The quantitative estimate of drug-likeness (QED) is 0.0384. The van der Waals surface area contributed by atoms with Gasteiger partial charge in [0.25, 0.3) is 0 Å². The summed E-state index contributed by atoms with van der Waals surface area (Å²) in [6.45, 7) is 10.8. The van der Waals surface area contributed by atoms with Crippen molar-refractivity contribution in [3.63, 3.8) is 0 Å². The van der Waals surface area contributed by atoms with E-state index in [4.69, 9.17) is 36.0 Å². The normalized spacial score (nSPS) is 23.3. The molecule has 0 bridgehead atoms. The molecule has 0 spiro atoms. The molecule has 3 unspecified atom stereocenters. The van der Waals surface area contributed by atoms with Gasteiger partial charge in [0.2, 0.25) is 5.28 Å². The molecular weight excluding hydrogens is 672 g/mol. The Balaban J connectivity index is 1.42. The van der Waals surface area contributed by atoms with Crippen molar-refractivity contribution in [1.82, 2.24) is 19.5 Å². The molecule has 3 aromatic carbocycles. The summed E-state index contributed by atoms with van der Waals surface area (Å²) in [5.41, 5.74) is 17.3. The zero-order valence-electron chi connectivity index (χ0n) is 28.7. The van der Waals surface area contributed by atoms with E-state index in [-0.39, 0.29) is 16.1 Å². The summed E-state index contributed by atoms with van der Waals surface area (Å²) in [5.74, 6) is 0.849. The van der Waals surface area contributed by atoms with Gasteiger partial charge in [-0.1, -0.05) is 98.7 Å². The van der Waals surface area contributed by atoms with E-state index in [1.54, 1.807) is 18.0 Å². The minimum Gasteiger partial charge on any atom is -0.497 e. The van der Waals surface area contributed by atoms with Crippen LogP contribution in [0.15, 0.2) is 96.4 Å². The van der Waals surface area contributed by atoms with E-state index < -0.39 is 44.0 Å². The predicted molar refractivity (Wildman–Crippen MR) is 193 cm³/mol. The number of anilines is 1. The Morgan fingerprint density at radius 2 is 1.56 bits per heavy atom. The molecule has 2 aliphatic rings. The Morgan fingerprint density at radius 1 is 0.960 bits per heavy atom. The largest absolute Gasteiger partial charge is 0.497 e. The van der Waals surface area contributed by atoms with Gasteiger partial charge >= 0.3 is 0 Å². The maximum atomic E-state index is 10.1. The predicted octanol–water partition coefficient (Wildman–Crippen LogP) is 7.80. The second-order valence-electron chi connectivity index (χ2n) is 14.2. The number of rotatable bonds is 10. The topological polar surface area (TPSA) is 155 Å².